The van der Waals surface area contributed by atoms with Crippen molar-refractivity contribution in [2.45, 2.75) is 6.10 Å². The molecule has 0 saturated carbocycles. The molecule has 0 aliphatic heterocycles. The van der Waals surface area contributed by atoms with Crippen molar-refractivity contribution in [2.24, 2.45) is 0 Å². The van der Waals surface area contributed by atoms with Crippen LogP contribution in [0.4, 0.5) is 10.1 Å². The third kappa shape index (κ3) is 4.37. The SMILES string of the molecule is O=C(NCC(O)c1ccsc1)C(=O)Nc1ccc(F)cc1. The molecule has 110 valence electrons. The minimum atomic E-state index is -0.876. The second-order valence-electron chi connectivity index (χ2n) is 4.24. The van der Waals surface area contributed by atoms with E-state index in [2.05, 4.69) is 10.6 Å². The van der Waals surface area contributed by atoms with Gasteiger partial charge in [-0.3, -0.25) is 9.59 Å². The van der Waals surface area contributed by atoms with Crippen LogP contribution in [-0.2, 0) is 9.59 Å². The molecule has 0 fully saturated rings. The number of nitrogens with one attached hydrogen (secondary N) is 2. The molecular weight excluding hydrogens is 295 g/mol. The third-order valence-corrected chi connectivity index (χ3v) is 3.39. The molecule has 1 atom stereocenters. The summed E-state index contributed by atoms with van der Waals surface area (Å²) in [5, 5.41) is 18.0. The van der Waals surface area contributed by atoms with E-state index in [1.165, 1.54) is 35.6 Å². The fraction of sp³-hybridized carbons (Fsp3) is 0.143. The van der Waals surface area contributed by atoms with E-state index < -0.39 is 23.7 Å². The van der Waals surface area contributed by atoms with Crippen LogP contribution >= 0.6 is 11.3 Å². The first-order valence-corrected chi connectivity index (χ1v) is 7.05. The maximum Gasteiger partial charge on any atom is 0.313 e. The third-order valence-electron chi connectivity index (χ3n) is 2.69. The average Bonchev–Trinajstić information content (AvgIpc) is 3.01. The van der Waals surface area contributed by atoms with Crippen LogP contribution in [0.2, 0.25) is 0 Å². The average molecular weight is 308 g/mol. The number of benzene rings is 1. The number of aliphatic hydroxyl groups is 1. The second kappa shape index (κ2) is 6.96. The molecule has 1 unspecified atom stereocenters. The number of rotatable bonds is 4. The zero-order valence-corrected chi connectivity index (χ0v) is 11.7. The van der Waals surface area contributed by atoms with Gasteiger partial charge >= 0.3 is 11.8 Å². The van der Waals surface area contributed by atoms with Crippen LogP contribution in [0.25, 0.3) is 0 Å². The molecule has 3 N–H and O–H groups in total. The standard InChI is InChI=1S/C14H13FN2O3S/c15-10-1-3-11(4-2-10)17-14(20)13(19)16-7-12(18)9-5-6-21-8-9/h1-6,8,12,18H,7H2,(H,16,19)(H,17,20). The van der Waals surface area contributed by atoms with Crippen LogP contribution in [-0.4, -0.2) is 23.5 Å². The molecule has 21 heavy (non-hydrogen) atoms. The Balaban J connectivity index is 1.82. The maximum atomic E-state index is 12.7. The predicted octanol–water partition coefficient (Wildman–Crippen LogP) is 1.68. The minimum absolute atomic E-state index is 0.0631. The van der Waals surface area contributed by atoms with Crippen LogP contribution in [0, 0.1) is 5.82 Å². The highest BCUT2D eigenvalue weighted by Crippen LogP contribution is 2.15. The van der Waals surface area contributed by atoms with E-state index >= 15 is 0 Å². The highest BCUT2D eigenvalue weighted by molar-refractivity contribution is 7.07. The van der Waals surface area contributed by atoms with E-state index in [1.807, 2.05) is 5.38 Å². The number of hydrogen-bond donors (Lipinski definition) is 3. The largest absolute Gasteiger partial charge is 0.387 e. The Bertz CT molecular complexity index is 614. The van der Waals surface area contributed by atoms with Crippen molar-refractivity contribution >= 4 is 28.8 Å². The van der Waals surface area contributed by atoms with Crippen molar-refractivity contribution in [3.05, 3.63) is 52.5 Å². The van der Waals surface area contributed by atoms with E-state index in [1.54, 1.807) is 11.4 Å². The maximum absolute atomic E-state index is 12.7. The number of amides is 2. The summed E-state index contributed by atoms with van der Waals surface area (Å²) in [5.74, 6) is -2.18. The first kappa shape index (κ1) is 15.1. The van der Waals surface area contributed by atoms with Crippen LogP contribution in [0.3, 0.4) is 0 Å². The normalized spacial score (nSPS) is 11.7. The highest BCUT2D eigenvalue weighted by atomic mass is 32.1. The molecule has 1 aromatic heterocycles. The number of carbonyl (C=O) groups excluding carboxylic acids is 2. The lowest BCUT2D eigenvalue weighted by molar-refractivity contribution is -0.136. The molecule has 7 heteroatoms. The van der Waals surface area contributed by atoms with Crippen molar-refractivity contribution in [1.29, 1.82) is 0 Å². The molecule has 1 heterocycles. The number of halogens is 1. The van der Waals surface area contributed by atoms with Crippen LogP contribution in [0.5, 0.6) is 0 Å². The fourth-order valence-electron chi connectivity index (χ4n) is 1.57. The van der Waals surface area contributed by atoms with Gasteiger partial charge in [-0.1, -0.05) is 0 Å². The van der Waals surface area contributed by atoms with Crippen molar-refractivity contribution in [1.82, 2.24) is 5.32 Å². The zero-order valence-electron chi connectivity index (χ0n) is 10.9. The summed E-state index contributed by atoms with van der Waals surface area (Å²) in [5.41, 5.74) is 0.995. The quantitative estimate of drug-likeness (QED) is 0.752. The Hall–Kier alpha value is -2.25. The van der Waals surface area contributed by atoms with Gasteiger partial charge < -0.3 is 15.7 Å². The molecule has 0 spiro atoms. The molecule has 0 radical (unpaired) electrons. The number of thiophene rings is 1. The van der Waals surface area contributed by atoms with Gasteiger partial charge in [0.2, 0.25) is 0 Å². The molecule has 0 bridgehead atoms. The van der Waals surface area contributed by atoms with Gasteiger partial charge in [0.1, 0.15) is 5.82 Å². The van der Waals surface area contributed by atoms with Gasteiger partial charge in [-0.05, 0) is 46.7 Å². The van der Waals surface area contributed by atoms with Gasteiger partial charge in [0.05, 0.1) is 6.10 Å². The summed E-state index contributed by atoms with van der Waals surface area (Å²) in [6.07, 6.45) is -0.862. The minimum Gasteiger partial charge on any atom is -0.387 e. The molecule has 1 aromatic carbocycles. The second-order valence-corrected chi connectivity index (χ2v) is 5.02. The predicted molar refractivity (Wildman–Crippen MR) is 77.3 cm³/mol. The Morgan fingerprint density at radius 3 is 2.52 bits per heavy atom. The number of anilines is 1. The lowest BCUT2D eigenvalue weighted by atomic mass is 10.2. The van der Waals surface area contributed by atoms with E-state index in [9.17, 15) is 19.1 Å². The summed E-state index contributed by atoms with van der Waals surface area (Å²) in [6, 6.07) is 6.78. The molecule has 2 amide bonds. The molecular formula is C14H13FN2O3S. The molecule has 0 aliphatic carbocycles. The Kier molecular flexibility index (Phi) is 5.02. The molecule has 5 nitrogen and oxygen atoms in total. The molecule has 2 aromatic rings. The summed E-state index contributed by atoms with van der Waals surface area (Å²) >= 11 is 1.43. The number of carbonyl (C=O) groups is 2. The van der Waals surface area contributed by atoms with E-state index in [0.29, 0.717) is 11.3 Å². The first-order valence-electron chi connectivity index (χ1n) is 6.11. The summed E-state index contributed by atoms with van der Waals surface area (Å²) in [6.45, 7) is -0.0631. The van der Waals surface area contributed by atoms with Crippen molar-refractivity contribution in [3.8, 4) is 0 Å². The lowest BCUT2D eigenvalue weighted by Gasteiger charge is -2.10. The number of aliphatic hydroxyl groups excluding tert-OH is 1. The molecule has 0 saturated heterocycles. The summed E-state index contributed by atoms with van der Waals surface area (Å²) < 4.78 is 12.7. The van der Waals surface area contributed by atoms with E-state index in [0.717, 1.165) is 0 Å². The fourth-order valence-corrected chi connectivity index (χ4v) is 2.28. The summed E-state index contributed by atoms with van der Waals surface area (Å²) in [7, 11) is 0. The van der Waals surface area contributed by atoms with E-state index in [4.69, 9.17) is 0 Å². The first-order chi connectivity index (χ1) is 10.1. The van der Waals surface area contributed by atoms with Crippen molar-refractivity contribution in [2.75, 3.05) is 11.9 Å². The lowest BCUT2D eigenvalue weighted by Crippen LogP contribution is -2.37. The van der Waals surface area contributed by atoms with Gasteiger partial charge in [-0.2, -0.15) is 11.3 Å². The van der Waals surface area contributed by atoms with Crippen LogP contribution in [0.15, 0.2) is 41.1 Å². The monoisotopic (exact) mass is 308 g/mol. The summed E-state index contributed by atoms with van der Waals surface area (Å²) in [4.78, 5) is 23.2. The Morgan fingerprint density at radius 1 is 1.19 bits per heavy atom. The van der Waals surface area contributed by atoms with Crippen LogP contribution in [0.1, 0.15) is 11.7 Å². The van der Waals surface area contributed by atoms with Gasteiger partial charge in [-0.15, -0.1) is 0 Å². The Labute approximate surface area is 124 Å². The number of hydrogen-bond acceptors (Lipinski definition) is 4. The topological polar surface area (TPSA) is 78.4 Å². The van der Waals surface area contributed by atoms with Gasteiger partial charge in [0, 0.05) is 12.2 Å². The van der Waals surface area contributed by atoms with Gasteiger partial charge in [-0.25, -0.2) is 4.39 Å². The molecule has 2 rings (SSSR count). The van der Waals surface area contributed by atoms with Gasteiger partial charge in [0.15, 0.2) is 0 Å². The van der Waals surface area contributed by atoms with Crippen molar-refractivity contribution in [3.63, 3.8) is 0 Å². The van der Waals surface area contributed by atoms with E-state index in [-0.39, 0.29) is 6.54 Å². The smallest absolute Gasteiger partial charge is 0.313 e. The Morgan fingerprint density at radius 2 is 1.90 bits per heavy atom. The highest BCUT2D eigenvalue weighted by Gasteiger charge is 2.16. The van der Waals surface area contributed by atoms with Crippen LogP contribution < -0.4 is 10.6 Å². The zero-order chi connectivity index (χ0) is 15.2. The van der Waals surface area contributed by atoms with Gasteiger partial charge in [0.25, 0.3) is 0 Å². The van der Waals surface area contributed by atoms with Crippen molar-refractivity contribution < 1.29 is 19.1 Å². The molecule has 0 aliphatic rings.